The standard InChI is InChI=1S/C2H6O6S4.2Na.2H/c3-11(4,5)1-9-10-2-12(6,7)8;;;;/h1-2H2,(H,3,4,5)(H,6,7,8);;;;/q;2*+1;2*-1. The summed E-state index contributed by atoms with van der Waals surface area (Å²) in [5, 5.41) is -1.21. The van der Waals surface area contributed by atoms with Crippen molar-refractivity contribution in [2.45, 2.75) is 0 Å². The van der Waals surface area contributed by atoms with E-state index in [0.717, 1.165) is 0 Å². The Balaban J connectivity index is -0.000000101. The first-order valence-electron chi connectivity index (χ1n) is 2.35. The topological polar surface area (TPSA) is 109 Å². The fourth-order valence-electron chi connectivity index (χ4n) is 0.190. The van der Waals surface area contributed by atoms with E-state index in [1.165, 1.54) is 0 Å². The molecule has 78 valence electrons. The number of rotatable bonds is 5. The fourth-order valence-corrected chi connectivity index (χ4v) is 5.12. The van der Waals surface area contributed by atoms with Gasteiger partial charge < -0.3 is 2.85 Å². The molecular weight excluding hydrogens is 294 g/mol. The van der Waals surface area contributed by atoms with E-state index in [0.29, 0.717) is 21.6 Å². The van der Waals surface area contributed by atoms with E-state index in [1.807, 2.05) is 0 Å². The van der Waals surface area contributed by atoms with Gasteiger partial charge >= 0.3 is 59.1 Å². The van der Waals surface area contributed by atoms with E-state index in [9.17, 15) is 16.8 Å². The molecule has 0 radical (unpaired) electrons. The van der Waals surface area contributed by atoms with Crippen molar-refractivity contribution < 1.29 is 87.9 Å². The molecule has 6 nitrogen and oxygen atoms in total. The Hall–Kier alpha value is 2.52. The van der Waals surface area contributed by atoms with Gasteiger partial charge in [-0.2, -0.15) is 16.8 Å². The number of hydrogen-bond donors (Lipinski definition) is 2. The zero-order valence-electron chi connectivity index (χ0n) is 9.57. The number of hydrogen-bond acceptors (Lipinski definition) is 6. The van der Waals surface area contributed by atoms with Crippen molar-refractivity contribution in [3.8, 4) is 0 Å². The largest absolute Gasteiger partial charge is 1.00 e. The monoisotopic (exact) mass is 302 g/mol. The molecule has 12 heteroatoms. The van der Waals surface area contributed by atoms with E-state index in [1.54, 1.807) is 0 Å². The smallest absolute Gasteiger partial charge is 1.00 e. The van der Waals surface area contributed by atoms with Crippen LogP contribution in [0.15, 0.2) is 0 Å². The summed E-state index contributed by atoms with van der Waals surface area (Å²) in [5.74, 6) is 0. The van der Waals surface area contributed by atoms with Gasteiger partial charge in [0, 0.05) is 0 Å². The Morgan fingerprint density at radius 2 is 1.07 bits per heavy atom. The Morgan fingerprint density at radius 3 is 1.21 bits per heavy atom. The molecule has 0 rings (SSSR count). The van der Waals surface area contributed by atoms with Gasteiger partial charge in [-0.05, 0) is 0 Å². The SMILES string of the molecule is O=S(=O)(O)CSSCS(=O)(=O)O.[H-].[H-].[Na+].[Na+]. The quantitative estimate of drug-likeness (QED) is 0.224. The Bertz CT molecular complexity index is 294. The molecular formula is C2H8Na2O6S4. The van der Waals surface area contributed by atoms with Crippen molar-refractivity contribution in [2.24, 2.45) is 0 Å². The van der Waals surface area contributed by atoms with Crippen molar-refractivity contribution in [2.75, 3.05) is 10.2 Å². The summed E-state index contributed by atoms with van der Waals surface area (Å²) in [6.45, 7) is 0. The third-order valence-electron chi connectivity index (χ3n) is 0.477. The van der Waals surface area contributed by atoms with Crippen LogP contribution in [0.3, 0.4) is 0 Å². The summed E-state index contributed by atoms with van der Waals surface area (Å²) in [7, 11) is -6.90. The maximum Gasteiger partial charge on any atom is 1.00 e. The second-order valence-corrected chi connectivity index (χ2v) is 7.73. The van der Waals surface area contributed by atoms with Crippen molar-refractivity contribution >= 4 is 41.8 Å². The first-order valence-corrected chi connectivity index (χ1v) is 8.06. The van der Waals surface area contributed by atoms with Crippen LogP contribution in [0.2, 0.25) is 0 Å². The van der Waals surface area contributed by atoms with Crippen LogP contribution in [-0.2, 0) is 20.2 Å². The minimum Gasteiger partial charge on any atom is -1.00 e. The molecule has 0 atom stereocenters. The summed E-state index contributed by atoms with van der Waals surface area (Å²) < 4.78 is 56.6. The molecule has 0 aromatic rings. The van der Waals surface area contributed by atoms with Crippen molar-refractivity contribution in [3.63, 3.8) is 0 Å². The second-order valence-electron chi connectivity index (χ2n) is 1.64. The minimum absolute atomic E-state index is 0. The second kappa shape index (κ2) is 9.54. The average Bonchev–Trinajstić information content (AvgIpc) is 1.76. The van der Waals surface area contributed by atoms with Crippen LogP contribution in [0, 0.1) is 0 Å². The van der Waals surface area contributed by atoms with Gasteiger partial charge in [0.05, 0.1) is 0 Å². The molecule has 0 aromatic carbocycles. The minimum atomic E-state index is -4.08. The molecule has 0 saturated carbocycles. The molecule has 14 heavy (non-hydrogen) atoms. The predicted octanol–water partition coefficient (Wildman–Crippen LogP) is -5.71. The van der Waals surface area contributed by atoms with E-state index < -0.39 is 30.4 Å². The molecule has 0 bridgehead atoms. The molecule has 0 aliphatic rings. The maximum absolute atomic E-state index is 10.1. The van der Waals surface area contributed by atoms with Crippen LogP contribution in [0.4, 0.5) is 0 Å². The van der Waals surface area contributed by atoms with Gasteiger partial charge in [0.2, 0.25) is 0 Å². The predicted molar refractivity (Wildman–Crippen MR) is 50.2 cm³/mol. The summed E-state index contributed by atoms with van der Waals surface area (Å²) >= 11 is 0. The van der Waals surface area contributed by atoms with E-state index in [-0.39, 0.29) is 62.0 Å². The van der Waals surface area contributed by atoms with Gasteiger partial charge in [-0.25, -0.2) is 0 Å². The van der Waals surface area contributed by atoms with E-state index >= 15 is 0 Å². The van der Waals surface area contributed by atoms with Gasteiger partial charge in [-0.15, -0.1) is 0 Å². The van der Waals surface area contributed by atoms with Gasteiger partial charge in [0.25, 0.3) is 20.2 Å². The molecule has 0 aromatic heterocycles. The molecule has 0 aliphatic heterocycles. The first-order chi connectivity index (χ1) is 5.21. The fraction of sp³-hybridized carbons (Fsp3) is 1.00. The van der Waals surface area contributed by atoms with Crippen LogP contribution in [0.1, 0.15) is 2.85 Å². The van der Waals surface area contributed by atoms with E-state index in [2.05, 4.69) is 0 Å². The Morgan fingerprint density at radius 1 is 0.857 bits per heavy atom. The molecule has 0 unspecified atom stereocenters. The van der Waals surface area contributed by atoms with Crippen LogP contribution >= 0.6 is 21.6 Å². The first kappa shape index (κ1) is 21.8. The average molecular weight is 302 g/mol. The van der Waals surface area contributed by atoms with Gasteiger partial charge in [-0.3, -0.25) is 9.11 Å². The van der Waals surface area contributed by atoms with Gasteiger partial charge in [-0.1, -0.05) is 21.6 Å². The van der Waals surface area contributed by atoms with Crippen LogP contribution < -0.4 is 59.1 Å². The maximum atomic E-state index is 10.1. The van der Waals surface area contributed by atoms with Crippen molar-refractivity contribution in [1.29, 1.82) is 0 Å². The van der Waals surface area contributed by atoms with Crippen molar-refractivity contribution in [1.82, 2.24) is 0 Å². The summed E-state index contributed by atoms with van der Waals surface area (Å²) in [6, 6.07) is 0. The normalized spacial score (nSPS) is 11.3. The van der Waals surface area contributed by atoms with Crippen LogP contribution in [0.5, 0.6) is 0 Å². The Labute approximate surface area is 138 Å². The summed E-state index contributed by atoms with van der Waals surface area (Å²) in [4.78, 5) is 0. The molecule has 0 spiro atoms. The third kappa shape index (κ3) is 20.0. The summed E-state index contributed by atoms with van der Waals surface area (Å²) in [5.41, 5.74) is 0. The molecule has 0 fully saturated rings. The van der Waals surface area contributed by atoms with Gasteiger partial charge in [0.1, 0.15) is 10.2 Å². The molecule has 2 N–H and O–H groups in total. The van der Waals surface area contributed by atoms with Crippen LogP contribution in [-0.4, -0.2) is 36.1 Å². The summed E-state index contributed by atoms with van der Waals surface area (Å²) in [6.07, 6.45) is 0. The zero-order valence-corrected chi connectivity index (χ0v) is 14.8. The molecule has 0 saturated heterocycles. The van der Waals surface area contributed by atoms with Crippen LogP contribution in [0.25, 0.3) is 0 Å². The molecule has 0 aliphatic carbocycles. The third-order valence-corrected chi connectivity index (χ3v) is 6.03. The molecule has 0 amide bonds. The van der Waals surface area contributed by atoms with Gasteiger partial charge in [0.15, 0.2) is 0 Å². The van der Waals surface area contributed by atoms with E-state index in [4.69, 9.17) is 9.11 Å². The molecule has 0 heterocycles. The van der Waals surface area contributed by atoms with Crippen molar-refractivity contribution in [3.05, 3.63) is 0 Å². The zero-order chi connectivity index (χ0) is 9.83. The Kier molecular flexibility index (Phi) is 14.8.